The normalized spacial score (nSPS) is 17.9. The average molecular weight is 509 g/mol. The number of rotatable bonds is 6. The Morgan fingerprint density at radius 3 is 2.78 bits per heavy atom. The molecule has 0 radical (unpaired) electrons. The topological polar surface area (TPSA) is 131 Å². The van der Waals surface area contributed by atoms with E-state index in [1.807, 2.05) is 13.0 Å². The molecule has 1 heterocycles. The number of nitrogens with one attached hydrogen (secondary N) is 1. The zero-order valence-corrected chi connectivity index (χ0v) is 18.6. The van der Waals surface area contributed by atoms with E-state index in [0.717, 1.165) is 37.5 Å². The van der Waals surface area contributed by atoms with Crippen LogP contribution in [0, 0.1) is 5.92 Å². The van der Waals surface area contributed by atoms with Crippen molar-refractivity contribution in [2.24, 2.45) is 21.8 Å². The standard InChI is InChI=1S/C17H27N5O3S.HI/c1-2-20-17(22-8-4-6-14(12-22)10-16(18)23)21-11-13-5-3-7-15(9-13)26(19,24)25;/h3,5,7,9,14H,2,4,6,8,10-12H2,1H3,(H2,18,23)(H,20,21)(H2,19,24,25);1H. The van der Waals surface area contributed by atoms with Crippen LogP contribution in [0.25, 0.3) is 0 Å². The van der Waals surface area contributed by atoms with E-state index in [2.05, 4.69) is 15.2 Å². The zero-order chi connectivity index (χ0) is 19.2. The Labute approximate surface area is 177 Å². The molecule has 1 fully saturated rings. The first-order chi connectivity index (χ1) is 12.3. The highest BCUT2D eigenvalue weighted by Gasteiger charge is 2.23. The molecule has 8 nitrogen and oxygen atoms in total. The summed E-state index contributed by atoms with van der Waals surface area (Å²) in [6.45, 7) is 4.63. The van der Waals surface area contributed by atoms with Crippen molar-refractivity contribution >= 4 is 45.9 Å². The van der Waals surface area contributed by atoms with Crippen molar-refractivity contribution < 1.29 is 13.2 Å². The maximum Gasteiger partial charge on any atom is 0.238 e. The van der Waals surface area contributed by atoms with Gasteiger partial charge in [0.2, 0.25) is 15.9 Å². The molecular formula is C17H28IN5O3S. The number of nitrogens with two attached hydrogens (primary N) is 2. The lowest BCUT2D eigenvalue weighted by atomic mass is 9.95. The number of primary sulfonamides is 1. The lowest BCUT2D eigenvalue weighted by Crippen LogP contribution is -2.47. The Kier molecular flexibility index (Phi) is 9.47. The number of benzene rings is 1. The third kappa shape index (κ3) is 7.62. The van der Waals surface area contributed by atoms with E-state index < -0.39 is 10.0 Å². The third-order valence-corrected chi connectivity index (χ3v) is 5.19. The molecular weight excluding hydrogens is 481 g/mol. The molecule has 2 rings (SSSR count). The number of likely N-dealkylation sites (tertiary alicyclic amines) is 1. The quantitative estimate of drug-likeness (QED) is 0.299. The number of amides is 1. The molecule has 1 atom stereocenters. The number of halogens is 1. The summed E-state index contributed by atoms with van der Waals surface area (Å²) in [5, 5.41) is 8.44. The lowest BCUT2D eigenvalue weighted by Gasteiger charge is -2.34. The van der Waals surface area contributed by atoms with Crippen molar-refractivity contribution in [1.29, 1.82) is 0 Å². The minimum atomic E-state index is -3.73. The van der Waals surface area contributed by atoms with E-state index in [4.69, 9.17) is 10.9 Å². The van der Waals surface area contributed by atoms with Gasteiger partial charge in [0.15, 0.2) is 5.96 Å². The van der Waals surface area contributed by atoms with Crippen LogP contribution >= 0.6 is 24.0 Å². The van der Waals surface area contributed by atoms with Crippen LogP contribution in [0.1, 0.15) is 31.7 Å². The molecule has 0 aliphatic carbocycles. The van der Waals surface area contributed by atoms with Crippen LogP contribution in [-0.4, -0.2) is 44.8 Å². The summed E-state index contributed by atoms with van der Waals surface area (Å²) < 4.78 is 23.0. The second-order valence-electron chi connectivity index (χ2n) is 6.49. The lowest BCUT2D eigenvalue weighted by molar-refractivity contribution is -0.119. The highest BCUT2D eigenvalue weighted by atomic mass is 127. The molecule has 1 aromatic rings. The van der Waals surface area contributed by atoms with Crippen molar-refractivity contribution in [2.45, 2.75) is 37.6 Å². The van der Waals surface area contributed by atoms with Gasteiger partial charge >= 0.3 is 0 Å². The van der Waals surface area contributed by atoms with Gasteiger partial charge in [-0.05, 0) is 43.4 Å². The van der Waals surface area contributed by atoms with Gasteiger partial charge in [0.25, 0.3) is 0 Å². The summed E-state index contributed by atoms with van der Waals surface area (Å²) in [7, 11) is -3.73. The molecule has 27 heavy (non-hydrogen) atoms. The molecule has 1 saturated heterocycles. The fraction of sp³-hybridized carbons (Fsp3) is 0.529. The predicted molar refractivity (Wildman–Crippen MR) is 116 cm³/mol. The minimum absolute atomic E-state index is 0. The Balaban J connectivity index is 0.00000364. The van der Waals surface area contributed by atoms with Gasteiger partial charge < -0.3 is 16.0 Å². The number of hydrogen-bond acceptors (Lipinski definition) is 4. The fourth-order valence-electron chi connectivity index (χ4n) is 3.12. The Hall–Kier alpha value is -1.40. The van der Waals surface area contributed by atoms with Gasteiger partial charge in [-0.3, -0.25) is 4.79 Å². The molecule has 1 aromatic carbocycles. The average Bonchev–Trinajstić information content (AvgIpc) is 2.58. The zero-order valence-electron chi connectivity index (χ0n) is 15.4. The smallest absolute Gasteiger partial charge is 0.238 e. The highest BCUT2D eigenvalue weighted by molar-refractivity contribution is 14.0. The van der Waals surface area contributed by atoms with Gasteiger partial charge in [0.05, 0.1) is 11.4 Å². The summed E-state index contributed by atoms with van der Waals surface area (Å²) >= 11 is 0. The van der Waals surface area contributed by atoms with Crippen molar-refractivity contribution in [3.8, 4) is 0 Å². The monoisotopic (exact) mass is 509 g/mol. The number of aliphatic imine (C=N–C) groups is 1. The summed E-state index contributed by atoms with van der Waals surface area (Å²) in [6.07, 6.45) is 2.34. The number of carbonyl (C=O) groups excluding carboxylic acids is 1. The van der Waals surface area contributed by atoms with Crippen molar-refractivity contribution in [3.63, 3.8) is 0 Å². The first-order valence-electron chi connectivity index (χ1n) is 8.73. The van der Waals surface area contributed by atoms with E-state index in [-0.39, 0.29) is 40.7 Å². The number of nitrogens with zero attached hydrogens (tertiary/aromatic N) is 2. The maximum atomic E-state index is 11.5. The Bertz CT molecular complexity index is 770. The molecule has 1 amide bonds. The molecule has 5 N–H and O–H groups in total. The summed E-state index contributed by atoms with van der Waals surface area (Å²) in [5.74, 6) is 0.706. The largest absolute Gasteiger partial charge is 0.370 e. The maximum absolute atomic E-state index is 11.5. The number of piperidine rings is 1. The highest BCUT2D eigenvalue weighted by Crippen LogP contribution is 2.19. The van der Waals surface area contributed by atoms with Crippen molar-refractivity contribution in [2.75, 3.05) is 19.6 Å². The number of carbonyl (C=O) groups is 1. The van der Waals surface area contributed by atoms with Gasteiger partial charge in [-0.1, -0.05) is 12.1 Å². The van der Waals surface area contributed by atoms with Crippen LogP contribution in [-0.2, 0) is 21.4 Å². The van der Waals surface area contributed by atoms with Gasteiger partial charge in [-0.2, -0.15) is 0 Å². The summed E-state index contributed by atoms with van der Waals surface area (Å²) in [5.41, 5.74) is 6.09. The Morgan fingerprint density at radius 2 is 2.15 bits per heavy atom. The number of sulfonamides is 1. The molecule has 152 valence electrons. The molecule has 1 unspecified atom stereocenters. The predicted octanol–water partition coefficient (Wildman–Crippen LogP) is 1.00. The molecule has 0 bridgehead atoms. The number of primary amides is 1. The van der Waals surface area contributed by atoms with E-state index in [1.165, 1.54) is 12.1 Å². The van der Waals surface area contributed by atoms with Crippen LogP contribution in [0.4, 0.5) is 0 Å². The van der Waals surface area contributed by atoms with Gasteiger partial charge in [0.1, 0.15) is 0 Å². The third-order valence-electron chi connectivity index (χ3n) is 4.28. The van der Waals surface area contributed by atoms with Crippen LogP contribution in [0.3, 0.4) is 0 Å². The molecule has 1 aliphatic heterocycles. The Morgan fingerprint density at radius 1 is 1.41 bits per heavy atom. The van der Waals surface area contributed by atoms with E-state index in [1.54, 1.807) is 6.07 Å². The summed E-state index contributed by atoms with van der Waals surface area (Å²) in [4.78, 5) is 18.0. The fourth-order valence-corrected chi connectivity index (χ4v) is 3.71. The molecule has 10 heteroatoms. The molecule has 0 aromatic heterocycles. The van der Waals surface area contributed by atoms with Gasteiger partial charge in [0, 0.05) is 26.1 Å². The van der Waals surface area contributed by atoms with Gasteiger partial charge in [-0.15, -0.1) is 24.0 Å². The summed E-state index contributed by atoms with van der Waals surface area (Å²) in [6, 6.07) is 6.47. The first kappa shape index (κ1) is 23.6. The van der Waals surface area contributed by atoms with Crippen molar-refractivity contribution in [3.05, 3.63) is 29.8 Å². The van der Waals surface area contributed by atoms with Crippen LogP contribution in [0.5, 0.6) is 0 Å². The van der Waals surface area contributed by atoms with Crippen LogP contribution < -0.4 is 16.2 Å². The first-order valence-corrected chi connectivity index (χ1v) is 10.3. The SMILES string of the molecule is CCNC(=NCc1cccc(S(N)(=O)=O)c1)N1CCCC(CC(N)=O)C1.I. The van der Waals surface area contributed by atoms with Crippen LogP contribution in [0.2, 0.25) is 0 Å². The molecule has 0 spiro atoms. The molecule has 1 aliphatic rings. The van der Waals surface area contributed by atoms with Crippen molar-refractivity contribution in [1.82, 2.24) is 10.2 Å². The van der Waals surface area contributed by atoms with E-state index in [9.17, 15) is 13.2 Å². The van der Waals surface area contributed by atoms with Gasteiger partial charge in [-0.25, -0.2) is 18.5 Å². The second kappa shape index (κ2) is 10.8. The molecule has 0 saturated carbocycles. The van der Waals surface area contributed by atoms with Crippen LogP contribution in [0.15, 0.2) is 34.2 Å². The second-order valence-corrected chi connectivity index (χ2v) is 8.05. The number of hydrogen-bond donors (Lipinski definition) is 3. The minimum Gasteiger partial charge on any atom is -0.370 e. The van der Waals surface area contributed by atoms with E-state index in [0.29, 0.717) is 19.5 Å². The van der Waals surface area contributed by atoms with E-state index >= 15 is 0 Å². The number of guanidine groups is 1.